The first-order valence-electron chi connectivity index (χ1n) is 5.97. The Bertz CT molecular complexity index is 573. The highest BCUT2D eigenvalue weighted by Crippen LogP contribution is 2.31. The number of hydrogen-bond acceptors (Lipinski definition) is 1. The minimum atomic E-state index is 0.430. The molecule has 0 aliphatic rings. The molecule has 0 fully saturated rings. The Morgan fingerprint density at radius 2 is 1.83 bits per heavy atom. The van der Waals surface area contributed by atoms with E-state index in [0.29, 0.717) is 16.5 Å². The van der Waals surface area contributed by atoms with Crippen molar-refractivity contribution in [2.45, 2.75) is 19.8 Å². The van der Waals surface area contributed by atoms with Gasteiger partial charge in [-0.15, -0.1) is 0 Å². The quantitative estimate of drug-likeness (QED) is 0.713. The molecule has 18 heavy (non-hydrogen) atoms. The molecule has 0 N–H and O–H groups in total. The maximum absolute atomic E-state index is 10.9. The number of hydrogen-bond donors (Lipinski definition) is 0. The third kappa shape index (κ3) is 2.62. The Morgan fingerprint density at radius 1 is 1.11 bits per heavy atom. The van der Waals surface area contributed by atoms with E-state index in [1.807, 2.05) is 24.3 Å². The topological polar surface area (TPSA) is 17.1 Å². The van der Waals surface area contributed by atoms with Crippen molar-refractivity contribution >= 4 is 17.9 Å². The van der Waals surface area contributed by atoms with Crippen molar-refractivity contribution in [2.24, 2.45) is 0 Å². The van der Waals surface area contributed by atoms with Crippen molar-refractivity contribution < 1.29 is 4.79 Å². The molecule has 0 bridgehead atoms. The normalized spacial score (nSPS) is 10.7. The molecule has 0 amide bonds. The van der Waals surface area contributed by atoms with Gasteiger partial charge < -0.3 is 0 Å². The zero-order valence-corrected chi connectivity index (χ0v) is 11.2. The molecule has 0 heterocycles. The highest BCUT2D eigenvalue weighted by Gasteiger charge is 2.09. The molecule has 0 saturated heterocycles. The minimum Gasteiger partial charge on any atom is -0.298 e. The van der Waals surface area contributed by atoms with Crippen LogP contribution in [0.25, 0.3) is 11.1 Å². The van der Waals surface area contributed by atoms with Gasteiger partial charge in [0, 0.05) is 10.6 Å². The maximum Gasteiger partial charge on any atom is 0.150 e. The molecule has 0 aliphatic carbocycles. The summed E-state index contributed by atoms with van der Waals surface area (Å²) < 4.78 is 0. The van der Waals surface area contributed by atoms with E-state index in [1.165, 1.54) is 5.56 Å². The molecule has 0 radical (unpaired) electrons. The van der Waals surface area contributed by atoms with E-state index < -0.39 is 0 Å². The second-order valence-electron chi connectivity index (χ2n) is 4.63. The molecule has 92 valence electrons. The highest BCUT2D eigenvalue weighted by molar-refractivity contribution is 6.31. The second-order valence-corrected chi connectivity index (χ2v) is 5.07. The Morgan fingerprint density at radius 3 is 2.50 bits per heavy atom. The molecule has 1 nitrogen and oxygen atoms in total. The van der Waals surface area contributed by atoms with E-state index in [1.54, 1.807) is 6.07 Å². The van der Waals surface area contributed by atoms with E-state index >= 15 is 0 Å². The maximum atomic E-state index is 10.9. The lowest BCUT2D eigenvalue weighted by molar-refractivity contribution is 0.112. The van der Waals surface area contributed by atoms with Gasteiger partial charge in [-0.05, 0) is 40.8 Å². The lowest BCUT2D eigenvalue weighted by Gasteiger charge is -2.13. The van der Waals surface area contributed by atoms with Crippen molar-refractivity contribution in [3.05, 3.63) is 58.6 Å². The van der Waals surface area contributed by atoms with Gasteiger partial charge in [0.1, 0.15) is 6.29 Å². The highest BCUT2D eigenvalue weighted by atomic mass is 35.5. The van der Waals surface area contributed by atoms with Crippen LogP contribution in [-0.2, 0) is 0 Å². The molecule has 0 spiro atoms. The van der Waals surface area contributed by atoms with Gasteiger partial charge in [-0.25, -0.2) is 0 Å². The second kappa shape index (κ2) is 5.36. The zero-order chi connectivity index (χ0) is 13.1. The smallest absolute Gasteiger partial charge is 0.150 e. The van der Waals surface area contributed by atoms with E-state index in [2.05, 4.69) is 26.0 Å². The van der Waals surface area contributed by atoms with Gasteiger partial charge in [0.25, 0.3) is 0 Å². The first-order chi connectivity index (χ1) is 8.61. The molecule has 0 aliphatic heterocycles. The molecule has 2 aromatic carbocycles. The predicted molar refractivity (Wildman–Crippen MR) is 76.4 cm³/mol. The number of benzene rings is 2. The lowest BCUT2D eigenvalue weighted by atomic mass is 9.92. The van der Waals surface area contributed by atoms with Gasteiger partial charge in [0.2, 0.25) is 0 Å². The third-order valence-corrected chi connectivity index (χ3v) is 3.17. The molecule has 0 saturated carbocycles. The summed E-state index contributed by atoms with van der Waals surface area (Å²) in [5, 5.41) is 0.591. The van der Waals surface area contributed by atoms with Crippen LogP contribution in [0, 0.1) is 0 Å². The number of carbonyl (C=O) groups is 1. The summed E-state index contributed by atoms with van der Waals surface area (Å²) in [6, 6.07) is 13.7. The fraction of sp³-hybridized carbons (Fsp3) is 0.188. The summed E-state index contributed by atoms with van der Waals surface area (Å²) in [6.07, 6.45) is 0.827. The van der Waals surface area contributed by atoms with Gasteiger partial charge in [0.05, 0.1) is 0 Å². The van der Waals surface area contributed by atoms with Crippen LogP contribution in [0.2, 0.25) is 5.02 Å². The van der Waals surface area contributed by atoms with Crippen molar-refractivity contribution in [3.8, 4) is 11.1 Å². The Hall–Kier alpha value is -1.60. The van der Waals surface area contributed by atoms with Gasteiger partial charge in [-0.1, -0.05) is 49.7 Å². The number of rotatable bonds is 3. The summed E-state index contributed by atoms with van der Waals surface area (Å²) in [7, 11) is 0. The fourth-order valence-electron chi connectivity index (χ4n) is 2.10. The SMILES string of the molecule is CC(C)c1ccccc1-c1cc(Cl)cc(C=O)c1. The lowest BCUT2D eigenvalue weighted by Crippen LogP contribution is -1.93. The largest absolute Gasteiger partial charge is 0.298 e. The van der Waals surface area contributed by atoms with Crippen molar-refractivity contribution in [1.82, 2.24) is 0 Å². The van der Waals surface area contributed by atoms with Crippen LogP contribution in [0.5, 0.6) is 0 Å². The van der Waals surface area contributed by atoms with Crippen molar-refractivity contribution in [3.63, 3.8) is 0 Å². The van der Waals surface area contributed by atoms with E-state index in [-0.39, 0.29) is 0 Å². The molecular formula is C16H15ClO. The van der Waals surface area contributed by atoms with Crippen molar-refractivity contribution in [2.75, 3.05) is 0 Å². The fourth-order valence-corrected chi connectivity index (χ4v) is 2.34. The van der Waals surface area contributed by atoms with Crippen LogP contribution in [-0.4, -0.2) is 6.29 Å². The summed E-state index contributed by atoms with van der Waals surface area (Å²) in [6.45, 7) is 4.31. The summed E-state index contributed by atoms with van der Waals surface area (Å²) in [5.74, 6) is 0.430. The van der Waals surface area contributed by atoms with Gasteiger partial charge in [-0.2, -0.15) is 0 Å². The van der Waals surface area contributed by atoms with Crippen LogP contribution in [0.15, 0.2) is 42.5 Å². The van der Waals surface area contributed by atoms with Crippen LogP contribution in [0.1, 0.15) is 35.7 Å². The first-order valence-corrected chi connectivity index (χ1v) is 6.34. The number of carbonyl (C=O) groups excluding carboxylic acids is 1. The average molecular weight is 259 g/mol. The van der Waals surface area contributed by atoms with Gasteiger partial charge >= 0.3 is 0 Å². The van der Waals surface area contributed by atoms with Crippen molar-refractivity contribution in [1.29, 1.82) is 0 Å². The number of halogens is 1. The molecular weight excluding hydrogens is 244 g/mol. The average Bonchev–Trinajstić information content (AvgIpc) is 2.38. The Kier molecular flexibility index (Phi) is 3.83. The zero-order valence-electron chi connectivity index (χ0n) is 10.5. The van der Waals surface area contributed by atoms with Crippen LogP contribution in [0.3, 0.4) is 0 Å². The first kappa shape index (κ1) is 12.8. The summed E-state index contributed by atoms with van der Waals surface area (Å²) in [4.78, 5) is 10.9. The standard InChI is InChI=1S/C16H15ClO/c1-11(2)15-5-3-4-6-16(15)13-7-12(10-18)8-14(17)9-13/h3-11H,1-2H3. The number of aldehydes is 1. The van der Waals surface area contributed by atoms with Gasteiger partial charge in [-0.3, -0.25) is 4.79 Å². The van der Waals surface area contributed by atoms with Crippen LogP contribution < -0.4 is 0 Å². The predicted octanol–water partition coefficient (Wildman–Crippen LogP) is 4.94. The van der Waals surface area contributed by atoms with Crippen LogP contribution >= 0.6 is 11.6 Å². The summed E-state index contributed by atoms with van der Waals surface area (Å²) >= 11 is 6.05. The van der Waals surface area contributed by atoms with Gasteiger partial charge in [0.15, 0.2) is 0 Å². The molecule has 0 aromatic heterocycles. The molecule has 2 heteroatoms. The molecule has 0 unspecified atom stereocenters. The van der Waals surface area contributed by atoms with E-state index in [4.69, 9.17) is 11.6 Å². The monoisotopic (exact) mass is 258 g/mol. The Balaban J connectivity index is 2.61. The minimum absolute atomic E-state index is 0.430. The third-order valence-electron chi connectivity index (χ3n) is 2.95. The van der Waals surface area contributed by atoms with E-state index in [0.717, 1.165) is 17.4 Å². The molecule has 2 rings (SSSR count). The van der Waals surface area contributed by atoms with Crippen LogP contribution in [0.4, 0.5) is 0 Å². The van der Waals surface area contributed by atoms with E-state index in [9.17, 15) is 4.79 Å². The Labute approximate surface area is 112 Å². The molecule has 0 atom stereocenters. The summed E-state index contributed by atoms with van der Waals surface area (Å²) in [5.41, 5.74) is 4.00. The molecule has 2 aromatic rings.